The van der Waals surface area contributed by atoms with Crippen LogP contribution in [0.2, 0.25) is 0 Å². The van der Waals surface area contributed by atoms with Gasteiger partial charge in [-0.2, -0.15) is 26.3 Å². The molecule has 23 heavy (non-hydrogen) atoms. The van der Waals surface area contributed by atoms with Crippen molar-refractivity contribution in [3.8, 4) is 11.5 Å². The summed E-state index contributed by atoms with van der Waals surface area (Å²) in [5, 5.41) is 0. The van der Waals surface area contributed by atoms with Crippen molar-refractivity contribution in [2.75, 3.05) is 6.79 Å². The molecule has 2 rings (SSSR count). The molecule has 0 radical (unpaired) electrons. The third-order valence-electron chi connectivity index (χ3n) is 2.81. The van der Waals surface area contributed by atoms with Crippen molar-refractivity contribution in [2.24, 2.45) is 0 Å². The van der Waals surface area contributed by atoms with E-state index in [0.29, 0.717) is 0 Å². The summed E-state index contributed by atoms with van der Waals surface area (Å²) in [6, 6.07) is 7.91. The lowest BCUT2D eigenvalue weighted by Gasteiger charge is -2.11. The highest BCUT2D eigenvalue weighted by Crippen LogP contribution is 2.31. The molecule has 124 valence electrons. The van der Waals surface area contributed by atoms with Crippen molar-refractivity contribution in [3.63, 3.8) is 0 Å². The molecule has 0 aliphatic carbocycles. The zero-order chi connectivity index (χ0) is 17.1. The maximum Gasteiger partial charge on any atom is 0.416 e. The van der Waals surface area contributed by atoms with Gasteiger partial charge in [0, 0.05) is 0 Å². The minimum absolute atomic E-state index is 0.143. The summed E-state index contributed by atoms with van der Waals surface area (Å²) in [6.07, 6.45) is -8.87. The van der Waals surface area contributed by atoms with E-state index in [-0.39, 0.29) is 18.3 Å². The smallest absolute Gasteiger partial charge is 0.416 e. The van der Waals surface area contributed by atoms with Crippen LogP contribution in [0.3, 0.4) is 0 Å². The maximum atomic E-state index is 12.4. The Morgan fingerprint density at radius 1 is 0.565 bits per heavy atom. The Labute approximate surface area is 127 Å². The van der Waals surface area contributed by atoms with Gasteiger partial charge in [0.2, 0.25) is 6.79 Å². The number of ether oxygens (including phenoxy) is 2. The second-order valence-corrected chi connectivity index (χ2v) is 4.45. The molecule has 0 aliphatic rings. The third kappa shape index (κ3) is 4.80. The van der Waals surface area contributed by atoms with E-state index in [1.807, 2.05) is 0 Å². The predicted molar refractivity (Wildman–Crippen MR) is 69.0 cm³/mol. The molecule has 8 heteroatoms. The van der Waals surface area contributed by atoms with Crippen molar-refractivity contribution in [1.29, 1.82) is 0 Å². The fourth-order valence-electron chi connectivity index (χ4n) is 1.65. The van der Waals surface area contributed by atoms with Crippen LogP contribution in [0.4, 0.5) is 26.3 Å². The van der Waals surface area contributed by atoms with Crippen LogP contribution in [0.15, 0.2) is 48.5 Å². The first-order valence-electron chi connectivity index (χ1n) is 6.26. The Morgan fingerprint density at radius 2 is 0.870 bits per heavy atom. The van der Waals surface area contributed by atoms with Crippen molar-refractivity contribution in [3.05, 3.63) is 59.7 Å². The van der Waals surface area contributed by atoms with Crippen LogP contribution in [0.1, 0.15) is 11.1 Å². The molecule has 0 amide bonds. The Morgan fingerprint density at radius 3 is 1.13 bits per heavy atom. The zero-order valence-electron chi connectivity index (χ0n) is 11.4. The molecule has 0 aliphatic heterocycles. The molecule has 0 saturated heterocycles. The second kappa shape index (κ2) is 6.39. The highest BCUT2D eigenvalue weighted by atomic mass is 19.4. The fraction of sp³-hybridized carbons (Fsp3) is 0.200. The van der Waals surface area contributed by atoms with Crippen molar-refractivity contribution in [1.82, 2.24) is 0 Å². The topological polar surface area (TPSA) is 18.5 Å². The summed E-state index contributed by atoms with van der Waals surface area (Å²) in [5.74, 6) is 0.287. The van der Waals surface area contributed by atoms with Crippen LogP contribution in [0.5, 0.6) is 11.5 Å². The standard InChI is InChI=1S/C15H10F6O2/c16-14(17,18)10-1-5-12(6-2-10)22-9-23-13-7-3-11(4-8-13)15(19,20)21/h1-8H,9H2. The largest absolute Gasteiger partial charge is 0.458 e. The summed E-state index contributed by atoms with van der Waals surface area (Å²) in [4.78, 5) is 0. The lowest BCUT2D eigenvalue weighted by atomic mass is 10.2. The van der Waals surface area contributed by atoms with E-state index < -0.39 is 23.5 Å². The molecule has 2 aromatic rings. The minimum atomic E-state index is -4.44. The van der Waals surface area contributed by atoms with Crippen LogP contribution in [-0.4, -0.2) is 6.79 Å². The predicted octanol–water partition coefficient (Wildman–Crippen LogP) is 5.14. The number of benzene rings is 2. The van der Waals surface area contributed by atoms with E-state index in [1.54, 1.807) is 0 Å². The molecule has 0 N–H and O–H groups in total. The average Bonchev–Trinajstić information content (AvgIpc) is 2.46. The molecule has 0 saturated carbocycles. The summed E-state index contributed by atoms with van der Waals surface area (Å²) >= 11 is 0. The second-order valence-electron chi connectivity index (χ2n) is 4.45. The van der Waals surface area contributed by atoms with Gasteiger partial charge in [0.05, 0.1) is 11.1 Å². The first kappa shape index (κ1) is 17.0. The van der Waals surface area contributed by atoms with Gasteiger partial charge in [0.15, 0.2) is 0 Å². The van der Waals surface area contributed by atoms with Crippen LogP contribution in [0.25, 0.3) is 0 Å². The summed E-state index contributed by atoms with van der Waals surface area (Å²) in [6.45, 7) is -0.350. The molecule has 0 bridgehead atoms. The third-order valence-corrected chi connectivity index (χ3v) is 2.81. The zero-order valence-corrected chi connectivity index (χ0v) is 11.4. The van der Waals surface area contributed by atoms with E-state index in [9.17, 15) is 26.3 Å². The normalized spacial score (nSPS) is 12.1. The summed E-state index contributed by atoms with van der Waals surface area (Å²) < 4.78 is 84.3. The molecule has 0 heterocycles. The van der Waals surface area contributed by atoms with Crippen LogP contribution >= 0.6 is 0 Å². The van der Waals surface area contributed by atoms with Gasteiger partial charge in [-0.05, 0) is 48.5 Å². The molecule has 2 aromatic carbocycles. The lowest BCUT2D eigenvalue weighted by molar-refractivity contribution is -0.138. The van der Waals surface area contributed by atoms with Crippen LogP contribution in [0, 0.1) is 0 Å². The highest BCUT2D eigenvalue weighted by molar-refractivity contribution is 5.30. The minimum Gasteiger partial charge on any atom is -0.458 e. The first-order valence-corrected chi connectivity index (χ1v) is 6.26. The van der Waals surface area contributed by atoms with E-state index >= 15 is 0 Å². The SMILES string of the molecule is FC(F)(F)c1ccc(OCOc2ccc(C(F)(F)F)cc2)cc1. The fourth-order valence-corrected chi connectivity index (χ4v) is 1.65. The Hall–Kier alpha value is -2.38. The number of rotatable bonds is 4. The van der Waals surface area contributed by atoms with Gasteiger partial charge in [-0.3, -0.25) is 0 Å². The Kier molecular flexibility index (Phi) is 4.72. The molecule has 2 nitrogen and oxygen atoms in total. The number of alkyl halides is 6. The van der Waals surface area contributed by atoms with Crippen molar-refractivity contribution in [2.45, 2.75) is 12.4 Å². The van der Waals surface area contributed by atoms with Gasteiger partial charge >= 0.3 is 12.4 Å². The molecule has 0 atom stereocenters. The van der Waals surface area contributed by atoms with Gasteiger partial charge in [0.1, 0.15) is 11.5 Å². The van der Waals surface area contributed by atoms with Crippen molar-refractivity contribution >= 4 is 0 Å². The molecule has 0 unspecified atom stereocenters. The van der Waals surface area contributed by atoms with Gasteiger partial charge in [-0.1, -0.05) is 0 Å². The number of hydrogen-bond donors (Lipinski definition) is 0. The summed E-state index contributed by atoms with van der Waals surface area (Å²) in [5.41, 5.74) is -1.62. The Balaban J connectivity index is 1.87. The van der Waals surface area contributed by atoms with Gasteiger partial charge < -0.3 is 9.47 Å². The molecular formula is C15H10F6O2. The Bertz CT molecular complexity index is 572. The van der Waals surface area contributed by atoms with Crippen LogP contribution in [-0.2, 0) is 12.4 Å². The van der Waals surface area contributed by atoms with Gasteiger partial charge in [-0.25, -0.2) is 0 Å². The lowest BCUT2D eigenvalue weighted by Crippen LogP contribution is -2.08. The molecule has 0 fully saturated rings. The quantitative estimate of drug-likeness (QED) is 0.569. The molecule has 0 spiro atoms. The first-order chi connectivity index (χ1) is 10.7. The van der Waals surface area contributed by atoms with Crippen molar-refractivity contribution < 1.29 is 35.8 Å². The van der Waals surface area contributed by atoms with E-state index in [0.717, 1.165) is 48.5 Å². The van der Waals surface area contributed by atoms with Crippen LogP contribution < -0.4 is 9.47 Å². The van der Waals surface area contributed by atoms with Gasteiger partial charge in [0.25, 0.3) is 0 Å². The summed E-state index contributed by atoms with van der Waals surface area (Å²) in [7, 11) is 0. The molecular weight excluding hydrogens is 326 g/mol. The highest BCUT2D eigenvalue weighted by Gasteiger charge is 2.30. The molecule has 0 aromatic heterocycles. The van der Waals surface area contributed by atoms with Gasteiger partial charge in [-0.15, -0.1) is 0 Å². The van der Waals surface area contributed by atoms with E-state index in [1.165, 1.54) is 0 Å². The number of halogens is 6. The average molecular weight is 336 g/mol. The number of hydrogen-bond acceptors (Lipinski definition) is 2. The van der Waals surface area contributed by atoms with E-state index in [2.05, 4.69) is 0 Å². The maximum absolute atomic E-state index is 12.4. The van der Waals surface area contributed by atoms with E-state index in [4.69, 9.17) is 9.47 Å². The monoisotopic (exact) mass is 336 g/mol.